The van der Waals surface area contributed by atoms with E-state index in [1.165, 1.54) is 17.0 Å². The van der Waals surface area contributed by atoms with Crippen LogP contribution in [-0.2, 0) is 26.2 Å². The smallest absolute Gasteiger partial charge is 0.264 e. The van der Waals surface area contributed by atoms with Gasteiger partial charge >= 0.3 is 0 Å². The maximum absolute atomic E-state index is 14.1. The molecule has 0 spiro atoms. The lowest BCUT2D eigenvalue weighted by atomic mass is 10.1. The van der Waals surface area contributed by atoms with Crippen molar-refractivity contribution in [2.24, 2.45) is 0 Å². The van der Waals surface area contributed by atoms with Crippen molar-refractivity contribution in [1.82, 2.24) is 10.2 Å². The molecule has 218 valence electrons. The van der Waals surface area contributed by atoms with Crippen molar-refractivity contribution in [1.29, 1.82) is 0 Å². The predicted octanol–water partition coefficient (Wildman–Crippen LogP) is 4.75. The van der Waals surface area contributed by atoms with Crippen molar-refractivity contribution >= 4 is 43.5 Å². The van der Waals surface area contributed by atoms with E-state index in [2.05, 4.69) is 21.2 Å². The molecule has 1 N–H and O–H groups in total. The largest absolute Gasteiger partial charge is 0.486 e. The molecule has 0 unspecified atom stereocenters. The standard InChI is InChI=1S/C30H34BrN3O6S/c1-4-21(2)32-30(36)22(3)33(19-23-9-8-10-24(31)17-23)29(35)20-34(41(37,38)26-11-6-5-7-12-26)25-13-14-27-28(18-25)40-16-15-39-27/h5-14,17-18,21-22H,4,15-16,19-20H2,1-3H3,(H,32,36)/t21-,22-/m0/s1. The molecular formula is C30H34BrN3O6S. The second kappa shape index (κ2) is 13.4. The van der Waals surface area contributed by atoms with E-state index in [1.807, 2.05) is 38.1 Å². The Balaban J connectivity index is 1.73. The van der Waals surface area contributed by atoms with E-state index in [-0.39, 0.29) is 29.1 Å². The van der Waals surface area contributed by atoms with Crippen molar-refractivity contribution in [3.63, 3.8) is 0 Å². The van der Waals surface area contributed by atoms with Crippen LogP contribution in [0.5, 0.6) is 11.5 Å². The number of carbonyl (C=O) groups is 2. The van der Waals surface area contributed by atoms with Gasteiger partial charge in [0.05, 0.1) is 10.6 Å². The molecule has 0 aliphatic carbocycles. The van der Waals surface area contributed by atoms with Crippen molar-refractivity contribution < 1.29 is 27.5 Å². The third-order valence-corrected chi connectivity index (χ3v) is 9.12. The second-order valence-electron chi connectivity index (χ2n) is 9.80. The quantitative estimate of drug-likeness (QED) is 0.323. The van der Waals surface area contributed by atoms with E-state index in [1.54, 1.807) is 43.3 Å². The highest BCUT2D eigenvalue weighted by Gasteiger charge is 2.33. The Bertz CT molecular complexity index is 1480. The summed E-state index contributed by atoms with van der Waals surface area (Å²) in [5.74, 6) is 0.0300. The number of fused-ring (bicyclic) bond motifs is 1. The molecule has 1 aliphatic rings. The van der Waals surface area contributed by atoms with Gasteiger partial charge in [0.15, 0.2) is 11.5 Å². The van der Waals surface area contributed by atoms with Gasteiger partial charge < -0.3 is 19.7 Å². The molecule has 9 nitrogen and oxygen atoms in total. The summed E-state index contributed by atoms with van der Waals surface area (Å²) in [4.78, 5) is 28.7. The number of hydrogen-bond acceptors (Lipinski definition) is 6. The number of anilines is 1. The van der Waals surface area contributed by atoms with E-state index in [9.17, 15) is 18.0 Å². The predicted molar refractivity (Wildman–Crippen MR) is 160 cm³/mol. The van der Waals surface area contributed by atoms with Gasteiger partial charge in [-0.2, -0.15) is 0 Å². The highest BCUT2D eigenvalue weighted by molar-refractivity contribution is 9.10. The van der Waals surface area contributed by atoms with Gasteiger partial charge in [0.2, 0.25) is 11.8 Å². The molecule has 0 aromatic heterocycles. The lowest BCUT2D eigenvalue weighted by molar-refractivity contribution is -0.139. The molecular weight excluding hydrogens is 610 g/mol. The summed E-state index contributed by atoms with van der Waals surface area (Å²) >= 11 is 3.46. The second-order valence-corrected chi connectivity index (χ2v) is 12.6. The van der Waals surface area contributed by atoms with E-state index in [0.717, 1.165) is 20.8 Å². The zero-order valence-corrected chi connectivity index (χ0v) is 25.7. The summed E-state index contributed by atoms with van der Waals surface area (Å²) in [6.07, 6.45) is 0.727. The molecule has 1 heterocycles. The first-order valence-electron chi connectivity index (χ1n) is 13.4. The number of benzene rings is 3. The first-order chi connectivity index (χ1) is 19.6. The van der Waals surface area contributed by atoms with Crippen LogP contribution in [-0.4, -0.2) is 57.0 Å². The third kappa shape index (κ3) is 7.39. The molecule has 3 aromatic carbocycles. The SMILES string of the molecule is CC[C@H](C)NC(=O)[C@H](C)N(Cc1cccc(Br)c1)C(=O)CN(c1ccc2c(c1)OCCO2)S(=O)(=O)c1ccccc1. The molecule has 11 heteroatoms. The summed E-state index contributed by atoms with van der Waals surface area (Å²) < 4.78 is 41.1. The number of halogens is 1. The van der Waals surface area contributed by atoms with Crippen LogP contribution in [0.3, 0.4) is 0 Å². The van der Waals surface area contributed by atoms with Crippen LogP contribution < -0.4 is 19.1 Å². The van der Waals surface area contributed by atoms with Crippen LogP contribution in [0.1, 0.15) is 32.8 Å². The van der Waals surface area contributed by atoms with E-state index in [0.29, 0.717) is 24.7 Å². The lowest BCUT2D eigenvalue weighted by Crippen LogP contribution is -2.52. The van der Waals surface area contributed by atoms with E-state index in [4.69, 9.17) is 9.47 Å². The van der Waals surface area contributed by atoms with Crippen LogP contribution in [0, 0.1) is 0 Å². The average Bonchev–Trinajstić information content (AvgIpc) is 2.98. The Morgan fingerprint density at radius 2 is 1.66 bits per heavy atom. The van der Waals surface area contributed by atoms with Gasteiger partial charge in [0, 0.05) is 23.1 Å². The number of ether oxygens (including phenoxy) is 2. The van der Waals surface area contributed by atoms with Gasteiger partial charge in [-0.05, 0) is 62.2 Å². The Labute approximate surface area is 249 Å². The number of rotatable bonds is 11. The summed E-state index contributed by atoms with van der Waals surface area (Å²) in [7, 11) is -4.18. The van der Waals surface area contributed by atoms with Gasteiger partial charge in [-0.3, -0.25) is 13.9 Å². The minimum absolute atomic E-state index is 0.0313. The van der Waals surface area contributed by atoms with Crippen molar-refractivity contribution in [2.45, 2.75) is 50.7 Å². The minimum atomic E-state index is -4.18. The first kappa shape index (κ1) is 30.4. The average molecular weight is 645 g/mol. The molecule has 0 bridgehead atoms. The van der Waals surface area contributed by atoms with Crippen LogP contribution in [0.4, 0.5) is 5.69 Å². The molecule has 0 fully saturated rings. The lowest BCUT2D eigenvalue weighted by Gasteiger charge is -2.32. The zero-order valence-electron chi connectivity index (χ0n) is 23.2. The third-order valence-electron chi connectivity index (χ3n) is 6.83. The Morgan fingerprint density at radius 3 is 2.34 bits per heavy atom. The van der Waals surface area contributed by atoms with Gasteiger partial charge in [-0.25, -0.2) is 8.42 Å². The number of sulfonamides is 1. The molecule has 0 radical (unpaired) electrons. The maximum Gasteiger partial charge on any atom is 0.264 e. The summed E-state index contributed by atoms with van der Waals surface area (Å²) in [5, 5.41) is 2.93. The van der Waals surface area contributed by atoms with Gasteiger partial charge in [0.1, 0.15) is 25.8 Å². The monoisotopic (exact) mass is 643 g/mol. The van der Waals surface area contributed by atoms with Crippen molar-refractivity contribution in [3.05, 3.63) is 82.8 Å². The molecule has 0 saturated heterocycles. The number of hydrogen-bond donors (Lipinski definition) is 1. The van der Waals surface area contributed by atoms with Crippen LogP contribution >= 0.6 is 15.9 Å². The fourth-order valence-electron chi connectivity index (χ4n) is 4.32. The topological polar surface area (TPSA) is 105 Å². The number of carbonyl (C=O) groups excluding carboxylic acids is 2. The van der Waals surface area contributed by atoms with Gasteiger partial charge in [0.25, 0.3) is 10.0 Å². The molecule has 0 saturated carbocycles. The van der Waals surface area contributed by atoms with E-state index >= 15 is 0 Å². The zero-order chi connectivity index (χ0) is 29.6. The highest BCUT2D eigenvalue weighted by Crippen LogP contribution is 2.36. The molecule has 1 aliphatic heterocycles. The van der Waals surface area contributed by atoms with Gasteiger partial charge in [-0.15, -0.1) is 0 Å². The molecule has 4 rings (SSSR count). The normalized spacial score (nSPS) is 14.0. The van der Waals surface area contributed by atoms with Crippen LogP contribution in [0.15, 0.2) is 82.2 Å². The molecule has 3 aromatic rings. The number of amides is 2. The Morgan fingerprint density at radius 1 is 0.951 bits per heavy atom. The van der Waals surface area contributed by atoms with Gasteiger partial charge in [-0.1, -0.05) is 53.2 Å². The fourth-order valence-corrected chi connectivity index (χ4v) is 6.19. The summed E-state index contributed by atoms with van der Waals surface area (Å²) in [6, 6.07) is 19.2. The Hall–Kier alpha value is -3.57. The van der Waals surface area contributed by atoms with Crippen molar-refractivity contribution in [2.75, 3.05) is 24.1 Å². The molecule has 41 heavy (non-hydrogen) atoms. The van der Waals surface area contributed by atoms with E-state index < -0.39 is 28.5 Å². The number of nitrogens with zero attached hydrogens (tertiary/aromatic N) is 2. The number of nitrogens with one attached hydrogen (secondary N) is 1. The molecule has 2 amide bonds. The first-order valence-corrected chi connectivity index (χ1v) is 15.6. The Kier molecular flexibility index (Phi) is 9.93. The van der Waals surface area contributed by atoms with Crippen molar-refractivity contribution in [3.8, 4) is 11.5 Å². The molecule has 2 atom stereocenters. The summed E-state index contributed by atoms with van der Waals surface area (Å²) in [5.41, 5.74) is 1.03. The maximum atomic E-state index is 14.1. The minimum Gasteiger partial charge on any atom is -0.486 e. The fraction of sp³-hybridized carbons (Fsp3) is 0.333. The van der Waals surface area contributed by atoms with Crippen LogP contribution in [0.25, 0.3) is 0 Å². The summed E-state index contributed by atoms with van der Waals surface area (Å²) in [6.45, 7) is 5.77. The highest BCUT2D eigenvalue weighted by atomic mass is 79.9. The van der Waals surface area contributed by atoms with Crippen LogP contribution in [0.2, 0.25) is 0 Å².